The molecule has 0 amide bonds. The molecule has 16 heavy (non-hydrogen) atoms. The van der Waals surface area contributed by atoms with Crippen LogP contribution in [-0.4, -0.2) is 30.1 Å². The highest BCUT2D eigenvalue weighted by molar-refractivity contribution is 5.15. The first-order valence-electron chi connectivity index (χ1n) is 6.36. The average Bonchev–Trinajstić information content (AvgIpc) is 2.86. The predicted molar refractivity (Wildman–Crippen MR) is 66.2 cm³/mol. The Morgan fingerprint density at radius 1 is 1.31 bits per heavy atom. The van der Waals surface area contributed by atoms with Gasteiger partial charge in [-0.25, -0.2) is 0 Å². The highest BCUT2D eigenvalue weighted by Gasteiger charge is 2.41. The van der Waals surface area contributed by atoms with Gasteiger partial charge in [-0.15, -0.1) is 0 Å². The van der Waals surface area contributed by atoms with Crippen LogP contribution in [0.2, 0.25) is 0 Å². The molecule has 1 aromatic rings. The van der Waals surface area contributed by atoms with Gasteiger partial charge in [-0.1, -0.05) is 30.3 Å². The second-order valence-corrected chi connectivity index (χ2v) is 5.17. The molecule has 3 rings (SSSR count). The lowest BCUT2D eigenvalue weighted by molar-refractivity contribution is 0.242. The summed E-state index contributed by atoms with van der Waals surface area (Å²) in [7, 11) is 0. The number of fused-ring (bicyclic) bond motifs is 1. The van der Waals surface area contributed by atoms with Crippen molar-refractivity contribution in [3.05, 3.63) is 35.9 Å². The maximum atomic E-state index is 3.60. The monoisotopic (exact) mass is 216 g/mol. The number of rotatable bonds is 2. The van der Waals surface area contributed by atoms with Crippen LogP contribution in [-0.2, 0) is 6.54 Å². The van der Waals surface area contributed by atoms with Crippen molar-refractivity contribution in [3.8, 4) is 0 Å². The molecule has 2 aliphatic heterocycles. The van der Waals surface area contributed by atoms with Gasteiger partial charge >= 0.3 is 0 Å². The largest absolute Gasteiger partial charge is 0.312 e. The molecule has 0 aromatic heterocycles. The van der Waals surface area contributed by atoms with E-state index in [9.17, 15) is 0 Å². The number of hydrogen-bond acceptors (Lipinski definition) is 2. The van der Waals surface area contributed by atoms with Gasteiger partial charge < -0.3 is 5.32 Å². The topological polar surface area (TPSA) is 15.3 Å². The molecule has 0 aliphatic carbocycles. The first-order chi connectivity index (χ1) is 7.84. The van der Waals surface area contributed by atoms with Gasteiger partial charge in [-0.2, -0.15) is 0 Å². The van der Waals surface area contributed by atoms with Crippen molar-refractivity contribution in [3.63, 3.8) is 0 Å². The van der Waals surface area contributed by atoms with Crippen LogP contribution < -0.4 is 5.32 Å². The predicted octanol–water partition coefficient (Wildman–Crippen LogP) is 1.87. The maximum Gasteiger partial charge on any atom is 0.0267 e. The van der Waals surface area contributed by atoms with Crippen molar-refractivity contribution in [2.75, 3.05) is 13.1 Å². The molecule has 2 nitrogen and oxygen atoms in total. The Morgan fingerprint density at radius 2 is 2.12 bits per heavy atom. The van der Waals surface area contributed by atoms with Crippen molar-refractivity contribution in [1.82, 2.24) is 10.2 Å². The minimum Gasteiger partial charge on any atom is -0.312 e. The van der Waals surface area contributed by atoms with Gasteiger partial charge in [0, 0.05) is 25.2 Å². The molecule has 2 aliphatic rings. The summed E-state index contributed by atoms with van der Waals surface area (Å²) in [5.74, 6) is 0.878. The van der Waals surface area contributed by atoms with Crippen molar-refractivity contribution < 1.29 is 0 Å². The fraction of sp³-hybridized carbons (Fsp3) is 0.571. The Kier molecular flexibility index (Phi) is 2.70. The van der Waals surface area contributed by atoms with Gasteiger partial charge in [0.05, 0.1) is 0 Å². The minimum absolute atomic E-state index is 0.714. The Balaban J connectivity index is 1.69. The quantitative estimate of drug-likeness (QED) is 0.812. The Morgan fingerprint density at radius 3 is 2.94 bits per heavy atom. The molecule has 0 spiro atoms. The van der Waals surface area contributed by atoms with Gasteiger partial charge in [0.25, 0.3) is 0 Å². The summed E-state index contributed by atoms with van der Waals surface area (Å²) in [6.45, 7) is 5.90. The molecular formula is C14H20N2. The molecule has 2 fully saturated rings. The molecule has 1 aromatic carbocycles. The van der Waals surface area contributed by atoms with Crippen LogP contribution in [0.1, 0.15) is 18.9 Å². The lowest BCUT2D eigenvalue weighted by Crippen LogP contribution is -2.33. The van der Waals surface area contributed by atoms with Crippen LogP contribution >= 0.6 is 0 Å². The molecule has 86 valence electrons. The molecular weight excluding hydrogens is 196 g/mol. The van der Waals surface area contributed by atoms with Crippen LogP contribution in [0, 0.1) is 5.92 Å². The Bertz CT molecular complexity index is 349. The van der Waals surface area contributed by atoms with Crippen molar-refractivity contribution in [1.29, 1.82) is 0 Å². The van der Waals surface area contributed by atoms with Crippen LogP contribution in [0.3, 0.4) is 0 Å². The summed E-state index contributed by atoms with van der Waals surface area (Å²) in [6, 6.07) is 12.3. The van der Waals surface area contributed by atoms with Crippen molar-refractivity contribution in [2.45, 2.75) is 32.0 Å². The number of nitrogens with one attached hydrogen (secondary N) is 1. The van der Waals surface area contributed by atoms with E-state index in [4.69, 9.17) is 0 Å². The lowest BCUT2D eigenvalue weighted by atomic mass is 9.98. The van der Waals surface area contributed by atoms with Crippen molar-refractivity contribution in [2.24, 2.45) is 5.92 Å². The van der Waals surface area contributed by atoms with E-state index in [1.54, 1.807) is 0 Å². The normalized spacial score (nSPS) is 34.2. The van der Waals surface area contributed by atoms with Crippen LogP contribution in [0.15, 0.2) is 30.3 Å². The van der Waals surface area contributed by atoms with E-state index in [2.05, 4.69) is 47.5 Å². The van der Waals surface area contributed by atoms with E-state index in [-0.39, 0.29) is 0 Å². The van der Waals surface area contributed by atoms with Crippen molar-refractivity contribution >= 4 is 0 Å². The van der Waals surface area contributed by atoms with E-state index in [0.717, 1.165) is 18.5 Å². The highest BCUT2D eigenvalue weighted by Crippen LogP contribution is 2.32. The molecule has 2 heterocycles. The van der Waals surface area contributed by atoms with Crippen LogP contribution in [0.5, 0.6) is 0 Å². The summed E-state index contributed by atoms with van der Waals surface area (Å²) in [4.78, 5) is 2.65. The zero-order chi connectivity index (χ0) is 11.0. The second kappa shape index (κ2) is 4.19. The number of likely N-dealkylation sites (tertiary alicyclic amines) is 1. The zero-order valence-corrected chi connectivity index (χ0v) is 9.89. The molecule has 0 saturated carbocycles. The van der Waals surface area contributed by atoms with E-state index >= 15 is 0 Å². The zero-order valence-electron chi connectivity index (χ0n) is 9.89. The van der Waals surface area contributed by atoms with Gasteiger partial charge in [0.15, 0.2) is 0 Å². The maximum absolute atomic E-state index is 3.60. The molecule has 1 N–H and O–H groups in total. The number of benzene rings is 1. The fourth-order valence-corrected chi connectivity index (χ4v) is 3.28. The van der Waals surface area contributed by atoms with E-state index in [1.807, 2.05) is 0 Å². The summed E-state index contributed by atoms with van der Waals surface area (Å²) >= 11 is 0. The lowest BCUT2D eigenvalue weighted by Gasteiger charge is -2.23. The van der Waals surface area contributed by atoms with Gasteiger partial charge in [-0.05, 0) is 31.4 Å². The van der Waals surface area contributed by atoms with Gasteiger partial charge in [0.1, 0.15) is 0 Å². The smallest absolute Gasteiger partial charge is 0.0267 e. The minimum atomic E-state index is 0.714. The first kappa shape index (κ1) is 10.3. The Hall–Kier alpha value is -0.860. The van der Waals surface area contributed by atoms with Gasteiger partial charge in [-0.3, -0.25) is 4.90 Å². The third-order valence-corrected chi connectivity index (χ3v) is 4.23. The average molecular weight is 216 g/mol. The van der Waals surface area contributed by atoms with Crippen LogP contribution in [0.25, 0.3) is 0 Å². The van der Waals surface area contributed by atoms with E-state index < -0.39 is 0 Å². The third kappa shape index (κ3) is 1.76. The van der Waals surface area contributed by atoms with E-state index in [0.29, 0.717) is 6.04 Å². The second-order valence-electron chi connectivity index (χ2n) is 5.17. The third-order valence-electron chi connectivity index (χ3n) is 4.23. The van der Waals surface area contributed by atoms with E-state index in [1.165, 1.54) is 25.1 Å². The fourth-order valence-electron chi connectivity index (χ4n) is 3.28. The first-order valence-corrected chi connectivity index (χ1v) is 6.36. The molecule has 3 atom stereocenters. The molecule has 0 bridgehead atoms. The summed E-state index contributed by atoms with van der Waals surface area (Å²) < 4.78 is 0. The molecule has 3 unspecified atom stereocenters. The number of nitrogens with zero attached hydrogens (tertiary/aromatic N) is 1. The molecule has 0 radical (unpaired) electrons. The SMILES string of the molecule is CC1NCC2C1CCN2Cc1ccccc1. The standard InChI is InChI=1S/C14H20N2/c1-11-13-7-8-16(14(13)9-15-11)10-12-5-3-2-4-6-12/h2-6,11,13-15H,7-10H2,1H3. The molecule has 2 heteroatoms. The summed E-state index contributed by atoms with van der Waals surface area (Å²) in [5, 5.41) is 3.60. The summed E-state index contributed by atoms with van der Waals surface area (Å²) in [6.07, 6.45) is 1.37. The van der Waals surface area contributed by atoms with Gasteiger partial charge in [0.2, 0.25) is 0 Å². The van der Waals surface area contributed by atoms with Crippen LogP contribution in [0.4, 0.5) is 0 Å². The number of hydrogen-bond donors (Lipinski definition) is 1. The highest BCUT2D eigenvalue weighted by atomic mass is 15.2. The summed E-state index contributed by atoms with van der Waals surface area (Å²) in [5.41, 5.74) is 1.45. The Labute approximate surface area is 97.6 Å². The molecule has 2 saturated heterocycles.